The molecule has 3 aromatic rings. The number of hydrogen-bond donors (Lipinski definition) is 2. The molecule has 150 valence electrons. The lowest BCUT2D eigenvalue weighted by atomic mass is 10.1. The topological polar surface area (TPSA) is 111 Å². The van der Waals surface area contributed by atoms with Crippen molar-refractivity contribution >= 4 is 23.5 Å². The number of hydrogen-bond acceptors (Lipinski definition) is 6. The Balaban J connectivity index is 1.57. The molecule has 3 rings (SSSR count). The highest BCUT2D eigenvalue weighted by atomic mass is 16.5. The maximum atomic E-state index is 12.3. The number of aryl methyl sites for hydroxylation is 1. The number of furan rings is 2. The number of anilines is 1. The molecule has 0 fully saturated rings. The number of ether oxygens (including phenoxy) is 1. The molecule has 0 unspecified atom stereocenters. The van der Waals surface area contributed by atoms with E-state index in [9.17, 15) is 14.4 Å². The average Bonchev–Trinajstić information content (AvgIpc) is 3.41. The van der Waals surface area contributed by atoms with Crippen LogP contribution in [0.5, 0.6) is 0 Å². The van der Waals surface area contributed by atoms with Crippen LogP contribution in [0.1, 0.15) is 45.2 Å². The molecule has 0 spiro atoms. The van der Waals surface area contributed by atoms with Gasteiger partial charge in [-0.2, -0.15) is 0 Å². The van der Waals surface area contributed by atoms with E-state index in [0.29, 0.717) is 11.4 Å². The van der Waals surface area contributed by atoms with E-state index in [1.165, 1.54) is 24.7 Å². The highest BCUT2D eigenvalue weighted by Crippen LogP contribution is 2.19. The van der Waals surface area contributed by atoms with E-state index < -0.39 is 24.4 Å². The largest absolute Gasteiger partial charge is 0.467 e. The van der Waals surface area contributed by atoms with Crippen molar-refractivity contribution in [3.8, 4) is 0 Å². The van der Waals surface area contributed by atoms with Crippen LogP contribution in [0.4, 0.5) is 5.69 Å². The first-order valence-electron chi connectivity index (χ1n) is 8.89. The second-order valence-corrected chi connectivity index (χ2v) is 6.34. The zero-order valence-corrected chi connectivity index (χ0v) is 15.9. The van der Waals surface area contributed by atoms with Crippen LogP contribution in [0.3, 0.4) is 0 Å². The van der Waals surface area contributed by atoms with Crippen LogP contribution in [-0.4, -0.2) is 24.4 Å². The minimum atomic E-state index is -0.681. The van der Waals surface area contributed by atoms with E-state index in [2.05, 4.69) is 10.6 Å². The third-order valence-electron chi connectivity index (χ3n) is 4.15. The number of carbonyl (C=O) groups is 3. The van der Waals surface area contributed by atoms with Gasteiger partial charge in [0.1, 0.15) is 5.76 Å². The van der Waals surface area contributed by atoms with Crippen LogP contribution < -0.4 is 10.6 Å². The molecule has 1 aromatic carbocycles. The van der Waals surface area contributed by atoms with Gasteiger partial charge in [-0.25, -0.2) is 4.79 Å². The molecule has 8 nitrogen and oxygen atoms in total. The Hall–Kier alpha value is -3.81. The summed E-state index contributed by atoms with van der Waals surface area (Å²) in [4.78, 5) is 36.4. The molecule has 0 saturated carbocycles. The molecular formula is C21H20N2O6. The molecule has 1 atom stereocenters. The van der Waals surface area contributed by atoms with Gasteiger partial charge in [0, 0.05) is 5.69 Å². The van der Waals surface area contributed by atoms with E-state index in [1.54, 1.807) is 44.2 Å². The quantitative estimate of drug-likeness (QED) is 0.592. The van der Waals surface area contributed by atoms with E-state index in [1.807, 2.05) is 0 Å². The van der Waals surface area contributed by atoms with Gasteiger partial charge in [-0.3, -0.25) is 9.59 Å². The zero-order chi connectivity index (χ0) is 20.8. The van der Waals surface area contributed by atoms with Gasteiger partial charge >= 0.3 is 5.97 Å². The Morgan fingerprint density at radius 3 is 2.52 bits per heavy atom. The first kappa shape index (κ1) is 19.9. The minimum Gasteiger partial charge on any atom is -0.467 e. The van der Waals surface area contributed by atoms with Crippen molar-refractivity contribution in [2.24, 2.45) is 0 Å². The molecule has 0 aliphatic heterocycles. The Labute approximate surface area is 166 Å². The third kappa shape index (κ3) is 5.13. The van der Waals surface area contributed by atoms with Crippen molar-refractivity contribution in [3.05, 3.63) is 77.6 Å². The Morgan fingerprint density at radius 1 is 1.07 bits per heavy atom. The number of carbonyl (C=O) groups excluding carboxylic acids is 3. The van der Waals surface area contributed by atoms with Gasteiger partial charge in [0.05, 0.1) is 24.1 Å². The summed E-state index contributed by atoms with van der Waals surface area (Å²) in [5, 5.41) is 5.36. The molecule has 8 heteroatoms. The molecule has 2 aromatic heterocycles. The fraction of sp³-hybridized carbons (Fsp3) is 0.190. The van der Waals surface area contributed by atoms with E-state index in [4.69, 9.17) is 13.6 Å². The Kier molecular flexibility index (Phi) is 6.13. The summed E-state index contributed by atoms with van der Waals surface area (Å²) >= 11 is 0. The summed E-state index contributed by atoms with van der Waals surface area (Å²) in [5.41, 5.74) is 1.40. The second-order valence-electron chi connectivity index (χ2n) is 6.34. The molecular weight excluding hydrogens is 376 g/mol. The number of rotatable bonds is 7. The van der Waals surface area contributed by atoms with Gasteiger partial charge in [0.15, 0.2) is 12.4 Å². The second kappa shape index (κ2) is 8.92. The summed E-state index contributed by atoms with van der Waals surface area (Å²) in [7, 11) is 0. The van der Waals surface area contributed by atoms with Crippen molar-refractivity contribution in [2.45, 2.75) is 19.9 Å². The van der Waals surface area contributed by atoms with Crippen molar-refractivity contribution in [1.29, 1.82) is 0 Å². The predicted molar refractivity (Wildman–Crippen MR) is 103 cm³/mol. The first-order valence-corrected chi connectivity index (χ1v) is 8.89. The van der Waals surface area contributed by atoms with Gasteiger partial charge in [-0.1, -0.05) is 6.07 Å². The fourth-order valence-corrected chi connectivity index (χ4v) is 2.58. The zero-order valence-electron chi connectivity index (χ0n) is 15.9. The standard InChI is InChI=1S/C21H20N2O6/c1-13-7-8-15(11-16(13)23-20(25)18-6-4-10-28-18)21(26)29-12-19(24)22-14(2)17-5-3-9-27-17/h3-11,14H,12H2,1-2H3,(H,22,24)(H,23,25)/t14-/m1/s1. The molecule has 2 N–H and O–H groups in total. The van der Waals surface area contributed by atoms with Crippen LogP contribution in [0.15, 0.2) is 63.8 Å². The molecule has 0 saturated heterocycles. The van der Waals surface area contributed by atoms with Crippen LogP contribution in [0.2, 0.25) is 0 Å². The molecule has 0 radical (unpaired) electrons. The van der Waals surface area contributed by atoms with Crippen LogP contribution in [0.25, 0.3) is 0 Å². The van der Waals surface area contributed by atoms with Crippen LogP contribution >= 0.6 is 0 Å². The van der Waals surface area contributed by atoms with Crippen molar-refractivity contribution < 1.29 is 28.0 Å². The summed E-state index contributed by atoms with van der Waals surface area (Å²) in [6, 6.07) is 11.0. The number of benzene rings is 1. The normalized spacial score (nSPS) is 11.5. The van der Waals surface area contributed by atoms with Crippen molar-refractivity contribution in [1.82, 2.24) is 5.32 Å². The minimum absolute atomic E-state index is 0.153. The van der Waals surface area contributed by atoms with Crippen LogP contribution in [-0.2, 0) is 9.53 Å². The smallest absolute Gasteiger partial charge is 0.338 e. The van der Waals surface area contributed by atoms with E-state index >= 15 is 0 Å². The summed E-state index contributed by atoms with van der Waals surface area (Å²) < 4.78 is 15.3. The number of nitrogens with one attached hydrogen (secondary N) is 2. The average molecular weight is 396 g/mol. The summed E-state index contributed by atoms with van der Waals surface area (Å²) in [6.45, 7) is 3.11. The first-order chi connectivity index (χ1) is 13.9. The molecule has 0 aliphatic carbocycles. The molecule has 2 amide bonds. The molecule has 29 heavy (non-hydrogen) atoms. The molecule has 0 aliphatic rings. The van der Waals surface area contributed by atoms with Gasteiger partial charge in [-0.05, 0) is 55.8 Å². The summed E-state index contributed by atoms with van der Waals surface area (Å²) in [5.74, 6) is -0.824. The van der Waals surface area contributed by atoms with E-state index in [-0.39, 0.29) is 17.4 Å². The third-order valence-corrected chi connectivity index (χ3v) is 4.15. The number of amides is 2. The predicted octanol–water partition coefficient (Wildman–Crippen LogP) is 3.47. The van der Waals surface area contributed by atoms with Crippen LogP contribution in [0, 0.1) is 6.92 Å². The summed E-state index contributed by atoms with van der Waals surface area (Å²) in [6.07, 6.45) is 2.91. The lowest BCUT2D eigenvalue weighted by Gasteiger charge is -2.12. The highest BCUT2D eigenvalue weighted by Gasteiger charge is 2.16. The lowest BCUT2D eigenvalue weighted by Crippen LogP contribution is -2.31. The van der Waals surface area contributed by atoms with Crippen molar-refractivity contribution in [2.75, 3.05) is 11.9 Å². The maximum absolute atomic E-state index is 12.3. The highest BCUT2D eigenvalue weighted by molar-refractivity contribution is 6.03. The Bertz CT molecular complexity index is 992. The SMILES string of the molecule is Cc1ccc(C(=O)OCC(=O)N[C@H](C)c2ccco2)cc1NC(=O)c1ccco1. The van der Waals surface area contributed by atoms with Crippen molar-refractivity contribution in [3.63, 3.8) is 0 Å². The Morgan fingerprint density at radius 2 is 1.83 bits per heavy atom. The number of esters is 1. The lowest BCUT2D eigenvalue weighted by molar-refractivity contribution is -0.125. The van der Waals surface area contributed by atoms with Gasteiger partial charge in [-0.15, -0.1) is 0 Å². The van der Waals surface area contributed by atoms with Gasteiger partial charge < -0.3 is 24.2 Å². The molecule has 0 bridgehead atoms. The fourth-order valence-electron chi connectivity index (χ4n) is 2.58. The monoisotopic (exact) mass is 396 g/mol. The van der Waals surface area contributed by atoms with Gasteiger partial charge in [0.25, 0.3) is 11.8 Å². The van der Waals surface area contributed by atoms with Gasteiger partial charge in [0.2, 0.25) is 0 Å². The van der Waals surface area contributed by atoms with E-state index in [0.717, 1.165) is 5.56 Å². The molecule has 2 heterocycles. The maximum Gasteiger partial charge on any atom is 0.338 e.